The van der Waals surface area contributed by atoms with Crippen LogP contribution in [0.1, 0.15) is 13.8 Å². The zero-order chi connectivity index (χ0) is 31.9. The Balaban J connectivity index is 1.38. The van der Waals surface area contributed by atoms with Crippen molar-refractivity contribution in [1.82, 2.24) is 0 Å². The van der Waals surface area contributed by atoms with Crippen LogP contribution in [0.5, 0.6) is 0 Å². The van der Waals surface area contributed by atoms with Crippen molar-refractivity contribution in [3.63, 3.8) is 0 Å². The largest absolute Gasteiger partial charge is 0.394 e. The van der Waals surface area contributed by atoms with Gasteiger partial charge in [0, 0.05) is 0 Å². The summed E-state index contributed by atoms with van der Waals surface area (Å²) in [5.74, 6) is 0. The van der Waals surface area contributed by atoms with Gasteiger partial charge in [-0.25, -0.2) is 0 Å². The Morgan fingerprint density at radius 2 is 0.814 bits per heavy atom. The molecule has 0 bridgehead atoms. The third-order valence-electron chi connectivity index (χ3n) is 8.12. The molecule has 4 aliphatic rings. The molecule has 0 radical (unpaired) electrons. The molecule has 4 aliphatic heterocycles. The molecule has 19 nitrogen and oxygen atoms in total. The molecule has 1 unspecified atom stereocenters. The maximum absolute atomic E-state index is 10.8. The van der Waals surface area contributed by atoms with Crippen molar-refractivity contribution in [3.05, 3.63) is 0 Å². The molecule has 4 rings (SSSR count). The molecule has 4 heterocycles. The first-order chi connectivity index (χ1) is 20.2. The first kappa shape index (κ1) is 35.1. The molecule has 4 saturated heterocycles. The summed E-state index contributed by atoms with van der Waals surface area (Å²) in [5, 5.41) is 122. The van der Waals surface area contributed by atoms with E-state index in [2.05, 4.69) is 0 Å². The van der Waals surface area contributed by atoms with Crippen LogP contribution in [0.15, 0.2) is 0 Å². The van der Waals surface area contributed by atoms with Crippen molar-refractivity contribution < 1.29 is 94.4 Å². The second-order valence-corrected chi connectivity index (χ2v) is 11.1. The SMILES string of the molecule is C[C@@H]1O[C@@H](O[C@H]2[C@H](O)[C@@H](CO)OC(O)[C@@H]2O)[C@@H](O)[C@H](O)[C@@H]1O[C@H]1O[C@@H](C)[C@@H](O[C@@H]2O[C@H](CO)[C@H](O)[C@H](O)[C@H]2O)[C@@H](O)[C@@H]1O. The first-order valence-electron chi connectivity index (χ1n) is 13.8. The van der Waals surface area contributed by atoms with Crippen LogP contribution in [-0.2, 0) is 33.2 Å². The lowest BCUT2D eigenvalue weighted by atomic mass is 9.96. The summed E-state index contributed by atoms with van der Waals surface area (Å²) >= 11 is 0. The van der Waals surface area contributed by atoms with E-state index in [4.69, 9.17) is 33.2 Å². The molecule has 0 aromatic heterocycles. The van der Waals surface area contributed by atoms with Crippen molar-refractivity contribution >= 4 is 0 Å². The Labute approximate surface area is 244 Å². The van der Waals surface area contributed by atoms with E-state index in [-0.39, 0.29) is 0 Å². The number of aliphatic hydroxyl groups excluding tert-OH is 12. The summed E-state index contributed by atoms with van der Waals surface area (Å²) in [6.45, 7) is 1.37. The van der Waals surface area contributed by atoms with Crippen LogP contribution in [0.4, 0.5) is 0 Å². The van der Waals surface area contributed by atoms with Crippen LogP contribution in [-0.4, -0.2) is 197 Å². The smallest absolute Gasteiger partial charge is 0.187 e. The lowest BCUT2D eigenvalue weighted by Gasteiger charge is -2.48. The molecule has 43 heavy (non-hydrogen) atoms. The van der Waals surface area contributed by atoms with Crippen LogP contribution < -0.4 is 0 Å². The van der Waals surface area contributed by atoms with Crippen LogP contribution in [0.2, 0.25) is 0 Å². The van der Waals surface area contributed by atoms with Gasteiger partial charge in [-0.2, -0.15) is 0 Å². The van der Waals surface area contributed by atoms with Crippen LogP contribution in [0.3, 0.4) is 0 Å². The van der Waals surface area contributed by atoms with Gasteiger partial charge in [-0.15, -0.1) is 0 Å². The fourth-order valence-corrected chi connectivity index (χ4v) is 5.48. The van der Waals surface area contributed by atoms with E-state index in [0.717, 1.165) is 0 Å². The zero-order valence-corrected chi connectivity index (χ0v) is 23.2. The van der Waals surface area contributed by atoms with Gasteiger partial charge in [-0.3, -0.25) is 0 Å². The second kappa shape index (κ2) is 14.3. The van der Waals surface area contributed by atoms with Crippen molar-refractivity contribution in [1.29, 1.82) is 0 Å². The highest BCUT2D eigenvalue weighted by Crippen LogP contribution is 2.33. The molecule has 0 aromatic carbocycles. The predicted molar refractivity (Wildman–Crippen MR) is 131 cm³/mol. The van der Waals surface area contributed by atoms with Gasteiger partial charge in [0.25, 0.3) is 0 Å². The Kier molecular flexibility index (Phi) is 11.7. The number of rotatable bonds is 8. The summed E-state index contributed by atoms with van der Waals surface area (Å²) in [4.78, 5) is 0. The summed E-state index contributed by atoms with van der Waals surface area (Å²) < 4.78 is 38.1. The molecule has 4 fully saturated rings. The molecule has 0 spiro atoms. The average Bonchev–Trinajstić information content (AvgIpc) is 2.98. The van der Waals surface area contributed by atoms with Gasteiger partial charge in [0.2, 0.25) is 0 Å². The molecule has 19 heteroatoms. The Morgan fingerprint density at radius 3 is 1.28 bits per heavy atom. The van der Waals surface area contributed by atoms with Gasteiger partial charge in [-0.1, -0.05) is 0 Å². The van der Waals surface area contributed by atoms with Crippen molar-refractivity contribution in [2.45, 2.75) is 137 Å². The van der Waals surface area contributed by atoms with Gasteiger partial charge in [0.1, 0.15) is 85.5 Å². The van der Waals surface area contributed by atoms with E-state index >= 15 is 0 Å². The maximum Gasteiger partial charge on any atom is 0.187 e. The van der Waals surface area contributed by atoms with E-state index < -0.39 is 136 Å². The van der Waals surface area contributed by atoms with Gasteiger partial charge in [0.15, 0.2) is 25.2 Å². The predicted octanol–water partition coefficient (Wildman–Crippen LogP) is -7.69. The van der Waals surface area contributed by atoms with Crippen molar-refractivity contribution in [3.8, 4) is 0 Å². The minimum absolute atomic E-state index is 0.717. The number of hydrogen-bond acceptors (Lipinski definition) is 19. The maximum atomic E-state index is 10.8. The van der Waals surface area contributed by atoms with Crippen LogP contribution in [0, 0.1) is 0 Å². The summed E-state index contributed by atoms with van der Waals surface area (Å²) in [6, 6.07) is 0. The van der Waals surface area contributed by atoms with Crippen LogP contribution >= 0.6 is 0 Å². The fraction of sp³-hybridized carbons (Fsp3) is 1.00. The van der Waals surface area contributed by atoms with Crippen LogP contribution in [0.25, 0.3) is 0 Å². The molecule has 0 aliphatic carbocycles. The highest BCUT2D eigenvalue weighted by Gasteiger charge is 2.54. The molecular weight excluding hydrogens is 592 g/mol. The number of aliphatic hydroxyl groups is 12. The molecular formula is C24H42O19. The van der Waals surface area contributed by atoms with Gasteiger partial charge >= 0.3 is 0 Å². The minimum Gasteiger partial charge on any atom is -0.394 e. The molecule has 252 valence electrons. The third-order valence-corrected chi connectivity index (χ3v) is 8.12. The lowest BCUT2D eigenvalue weighted by molar-refractivity contribution is -0.383. The van der Waals surface area contributed by atoms with Gasteiger partial charge in [0.05, 0.1) is 25.4 Å². The van der Waals surface area contributed by atoms with E-state index in [1.165, 1.54) is 13.8 Å². The highest BCUT2D eigenvalue weighted by atomic mass is 16.8. The highest BCUT2D eigenvalue weighted by molar-refractivity contribution is 4.96. The standard InChI is InChI=1S/C24H42O19/c1-5-18(13(31)16(34)23(38-5)43-20-10(28)8(4-26)39-21(36)17(20)35)41-22-15(33)12(30)19(6(2)37-22)42-24-14(32)11(29)9(27)7(3-25)40-24/h5-36H,3-4H2,1-2H3/t5-,6-,7+,8+,9-,10+,11-,12-,13-,14+,15-,16-,17+,18+,19+,20-,21?,22+,23-,24-/m0/s1. The summed E-state index contributed by atoms with van der Waals surface area (Å²) in [5.41, 5.74) is 0. The lowest BCUT2D eigenvalue weighted by Crippen LogP contribution is -2.66. The fourth-order valence-electron chi connectivity index (χ4n) is 5.48. The van der Waals surface area contributed by atoms with Gasteiger partial charge < -0.3 is 94.4 Å². The van der Waals surface area contributed by atoms with Crippen molar-refractivity contribution in [2.24, 2.45) is 0 Å². The average molecular weight is 635 g/mol. The second-order valence-electron chi connectivity index (χ2n) is 11.1. The summed E-state index contributed by atoms with van der Waals surface area (Å²) in [7, 11) is 0. The normalized spacial score (nSPS) is 54.8. The molecule has 0 saturated carbocycles. The quantitative estimate of drug-likeness (QED) is 0.118. The molecule has 0 aromatic rings. The first-order valence-corrected chi connectivity index (χ1v) is 13.8. The Hall–Kier alpha value is -0.760. The van der Waals surface area contributed by atoms with E-state index in [9.17, 15) is 61.3 Å². The van der Waals surface area contributed by atoms with E-state index in [0.29, 0.717) is 0 Å². The van der Waals surface area contributed by atoms with E-state index in [1.807, 2.05) is 0 Å². The van der Waals surface area contributed by atoms with Crippen molar-refractivity contribution in [2.75, 3.05) is 13.2 Å². The molecule has 12 N–H and O–H groups in total. The molecule has 0 amide bonds. The summed E-state index contributed by atoms with van der Waals surface area (Å²) in [6.07, 6.45) is -31.7. The third kappa shape index (κ3) is 7.00. The Morgan fingerprint density at radius 1 is 0.419 bits per heavy atom. The number of ether oxygens (including phenoxy) is 7. The monoisotopic (exact) mass is 634 g/mol. The topological polar surface area (TPSA) is 307 Å². The van der Waals surface area contributed by atoms with Gasteiger partial charge in [-0.05, 0) is 13.8 Å². The zero-order valence-electron chi connectivity index (χ0n) is 23.2. The molecule has 20 atom stereocenters. The number of hydrogen-bond donors (Lipinski definition) is 12. The van der Waals surface area contributed by atoms with E-state index in [1.54, 1.807) is 0 Å². The minimum atomic E-state index is -1.86. The Bertz CT molecular complexity index is 884.